The van der Waals surface area contributed by atoms with Gasteiger partial charge in [0.05, 0.1) is 5.41 Å². The monoisotopic (exact) mass is 332 g/mol. The summed E-state index contributed by atoms with van der Waals surface area (Å²) >= 11 is 0. The first-order chi connectivity index (χ1) is 12.8. The van der Waals surface area contributed by atoms with Gasteiger partial charge in [0.2, 0.25) is 0 Å². The van der Waals surface area contributed by atoms with Gasteiger partial charge in [-0.25, -0.2) is 0 Å². The summed E-state index contributed by atoms with van der Waals surface area (Å²) < 4.78 is 0. The third-order valence-electron chi connectivity index (χ3n) is 5.88. The Morgan fingerprint density at radius 2 is 1.42 bits per heavy atom. The molecule has 1 atom stereocenters. The van der Waals surface area contributed by atoms with Crippen LogP contribution in [-0.4, -0.2) is 0 Å². The highest BCUT2D eigenvalue weighted by Crippen LogP contribution is 2.61. The highest BCUT2D eigenvalue weighted by Gasteiger charge is 2.51. The summed E-state index contributed by atoms with van der Waals surface area (Å²) in [7, 11) is 0. The Morgan fingerprint density at radius 1 is 0.769 bits per heavy atom. The zero-order valence-corrected chi connectivity index (χ0v) is 14.7. The van der Waals surface area contributed by atoms with Crippen LogP contribution in [0.5, 0.6) is 0 Å². The molecule has 0 saturated carbocycles. The molecule has 0 amide bonds. The molecule has 5 rings (SSSR count). The van der Waals surface area contributed by atoms with Crippen molar-refractivity contribution in [2.45, 2.75) is 11.8 Å². The van der Waals surface area contributed by atoms with E-state index >= 15 is 0 Å². The van der Waals surface area contributed by atoms with Crippen LogP contribution in [0.2, 0.25) is 0 Å². The minimum atomic E-state index is -0.293. The molecule has 3 aliphatic rings. The molecule has 124 valence electrons. The highest BCUT2D eigenvalue weighted by atomic mass is 14.5. The van der Waals surface area contributed by atoms with Gasteiger partial charge in [-0.3, -0.25) is 0 Å². The second-order valence-corrected chi connectivity index (χ2v) is 6.94. The molecule has 0 aliphatic heterocycles. The van der Waals surface area contributed by atoms with E-state index in [0.29, 0.717) is 0 Å². The predicted molar refractivity (Wildman–Crippen MR) is 111 cm³/mol. The Kier molecular flexibility index (Phi) is 3.17. The largest absolute Gasteiger partial charge is 0.0987 e. The quantitative estimate of drug-likeness (QED) is 0.597. The van der Waals surface area contributed by atoms with Gasteiger partial charge in [0, 0.05) is 0 Å². The van der Waals surface area contributed by atoms with E-state index in [1.165, 1.54) is 44.5 Å². The first-order valence-corrected chi connectivity index (χ1v) is 9.11. The molecule has 0 N–H and O–H groups in total. The highest BCUT2D eigenvalue weighted by molar-refractivity contribution is 6.00. The first kappa shape index (κ1) is 15.2. The Morgan fingerprint density at radius 3 is 2.15 bits per heavy atom. The summed E-state index contributed by atoms with van der Waals surface area (Å²) in [5.74, 6) is 0. The summed E-state index contributed by atoms with van der Waals surface area (Å²) in [6.45, 7) is 8.33. The topological polar surface area (TPSA) is 0 Å². The average Bonchev–Trinajstić information content (AvgIpc) is 2.98. The molecule has 0 heterocycles. The Hall–Kier alpha value is -3.12. The van der Waals surface area contributed by atoms with Crippen molar-refractivity contribution < 1.29 is 0 Å². The fourth-order valence-electron chi connectivity index (χ4n) is 4.98. The minimum Gasteiger partial charge on any atom is -0.0987 e. The van der Waals surface area contributed by atoms with Crippen molar-refractivity contribution in [3.8, 4) is 0 Å². The molecule has 1 spiro atoms. The molecule has 0 aromatic heterocycles. The van der Waals surface area contributed by atoms with Gasteiger partial charge < -0.3 is 0 Å². The maximum Gasteiger partial charge on any atom is 0.0725 e. The van der Waals surface area contributed by atoms with Gasteiger partial charge in [0.1, 0.15) is 0 Å². The molecule has 0 nitrogen and oxygen atoms in total. The fraction of sp³-hybridized carbons (Fsp3) is 0.0769. The van der Waals surface area contributed by atoms with Crippen LogP contribution in [0.25, 0.3) is 11.1 Å². The lowest BCUT2D eigenvalue weighted by Gasteiger charge is -2.32. The Balaban J connectivity index is 2.01. The van der Waals surface area contributed by atoms with Crippen molar-refractivity contribution in [1.82, 2.24) is 0 Å². The number of fused-ring (bicyclic) bond motifs is 6. The van der Waals surface area contributed by atoms with E-state index in [4.69, 9.17) is 0 Å². The molecule has 0 radical (unpaired) electrons. The zero-order valence-electron chi connectivity index (χ0n) is 14.7. The molecular formula is C26H20. The number of benzene rings is 2. The van der Waals surface area contributed by atoms with E-state index in [2.05, 4.69) is 86.0 Å². The summed E-state index contributed by atoms with van der Waals surface area (Å²) in [5.41, 5.74) is 10.1. The van der Waals surface area contributed by atoms with Gasteiger partial charge in [-0.2, -0.15) is 0 Å². The van der Waals surface area contributed by atoms with Gasteiger partial charge in [-0.15, -0.1) is 0 Å². The molecule has 0 heteroatoms. The van der Waals surface area contributed by atoms with Crippen molar-refractivity contribution in [3.05, 3.63) is 132 Å². The van der Waals surface area contributed by atoms with Gasteiger partial charge in [0.15, 0.2) is 0 Å². The van der Waals surface area contributed by atoms with Crippen LogP contribution in [-0.2, 0) is 5.41 Å². The normalized spacial score (nSPS) is 22.3. The van der Waals surface area contributed by atoms with Gasteiger partial charge >= 0.3 is 0 Å². The van der Waals surface area contributed by atoms with Gasteiger partial charge in [-0.05, 0) is 51.0 Å². The van der Waals surface area contributed by atoms with Crippen LogP contribution in [0, 0.1) is 0 Å². The second-order valence-electron chi connectivity index (χ2n) is 6.94. The maximum atomic E-state index is 4.21. The maximum absolute atomic E-state index is 4.21. The van der Waals surface area contributed by atoms with Crippen molar-refractivity contribution in [2.75, 3.05) is 0 Å². The second kappa shape index (κ2) is 5.44. The summed E-state index contributed by atoms with van der Waals surface area (Å²) in [5, 5.41) is 0. The van der Waals surface area contributed by atoms with E-state index in [1.807, 2.05) is 12.2 Å². The average molecular weight is 332 g/mol. The molecule has 26 heavy (non-hydrogen) atoms. The lowest BCUT2D eigenvalue weighted by Crippen LogP contribution is -2.27. The third-order valence-corrected chi connectivity index (χ3v) is 5.88. The van der Waals surface area contributed by atoms with E-state index in [1.54, 1.807) is 0 Å². The van der Waals surface area contributed by atoms with Crippen molar-refractivity contribution >= 4 is 11.1 Å². The van der Waals surface area contributed by atoms with E-state index in [0.717, 1.165) is 6.42 Å². The summed E-state index contributed by atoms with van der Waals surface area (Å²) in [6.07, 6.45) is 14.1. The lowest BCUT2D eigenvalue weighted by atomic mass is 9.68. The molecule has 2 aromatic rings. The standard InChI is InChI=1S/C26H20/c1-3-18-19-13-8-10-16-23(19)26(22(18)4-2)24-15-7-5-6-12-20(24)21-14-9-11-17-25(21)26/h3-4,6-17H,1-2,5H2. The molecule has 3 aliphatic carbocycles. The van der Waals surface area contributed by atoms with Crippen molar-refractivity contribution in [3.63, 3.8) is 0 Å². The number of rotatable bonds is 2. The van der Waals surface area contributed by atoms with Crippen LogP contribution >= 0.6 is 0 Å². The van der Waals surface area contributed by atoms with E-state index < -0.39 is 0 Å². The lowest BCUT2D eigenvalue weighted by molar-refractivity contribution is 0.779. The molecule has 0 saturated heterocycles. The number of allylic oxidation sites excluding steroid dienone is 10. The van der Waals surface area contributed by atoms with Crippen molar-refractivity contribution in [1.29, 1.82) is 0 Å². The molecule has 2 aromatic carbocycles. The summed E-state index contributed by atoms with van der Waals surface area (Å²) in [4.78, 5) is 0. The van der Waals surface area contributed by atoms with Crippen LogP contribution < -0.4 is 0 Å². The van der Waals surface area contributed by atoms with Gasteiger partial charge in [-0.1, -0.05) is 98.1 Å². The molecular weight excluding hydrogens is 312 g/mol. The number of hydrogen-bond acceptors (Lipinski definition) is 0. The predicted octanol–water partition coefficient (Wildman–Crippen LogP) is 6.40. The van der Waals surface area contributed by atoms with Crippen LogP contribution in [0.15, 0.2) is 109 Å². The Labute approximate surface area is 154 Å². The van der Waals surface area contributed by atoms with Gasteiger partial charge in [0.25, 0.3) is 0 Å². The molecule has 1 unspecified atom stereocenters. The van der Waals surface area contributed by atoms with Crippen LogP contribution in [0.3, 0.4) is 0 Å². The SMILES string of the molecule is C=CC1=C(C=C)C2(C3=C(C=CCC=C3)c3ccccc32)c2ccccc21. The Bertz CT molecular complexity index is 1080. The van der Waals surface area contributed by atoms with Crippen molar-refractivity contribution in [2.24, 2.45) is 0 Å². The minimum absolute atomic E-state index is 0.293. The smallest absolute Gasteiger partial charge is 0.0725 e. The molecule has 0 bridgehead atoms. The summed E-state index contributed by atoms with van der Waals surface area (Å²) in [6, 6.07) is 17.5. The molecule has 0 fully saturated rings. The van der Waals surface area contributed by atoms with Crippen LogP contribution in [0.1, 0.15) is 28.7 Å². The van der Waals surface area contributed by atoms with E-state index in [9.17, 15) is 0 Å². The van der Waals surface area contributed by atoms with E-state index in [-0.39, 0.29) is 5.41 Å². The zero-order chi connectivity index (χ0) is 17.7. The third kappa shape index (κ3) is 1.64. The fourth-order valence-corrected chi connectivity index (χ4v) is 4.98. The van der Waals surface area contributed by atoms with Crippen LogP contribution in [0.4, 0.5) is 0 Å². The number of hydrogen-bond donors (Lipinski definition) is 0. The first-order valence-electron chi connectivity index (χ1n) is 9.11.